The molecule has 0 aromatic heterocycles. The fraction of sp³-hybridized carbons (Fsp3) is 0.533. The van der Waals surface area contributed by atoms with Gasteiger partial charge in [0.2, 0.25) is 0 Å². The summed E-state index contributed by atoms with van der Waals surface area (Å²) in [7, 11) is 0. The van der Waals surface area contributed by atoms with E-state index < -0.39 is 0 Å². The number of hydrogen-bond donors (Lipinski definition) is 0. The third-order valence-electron chi connectivity index (χ3n) is 3.46. The minimum atomic E-state index is -0.178. The molecule has 0 unspecified atom stereocenters. The van der Waals surface area contributed by atoms with E-state index in [0.717, 1.165) is 30.6 Å². The van der Waals surface area contributed by atoms with E-state index in [2.05, 4.69) is 19.9 Å². The SMILES string of the molecule is CC1(C)Cc2cccc(OCC(=O)C3CC3)c2O1. The number of ketones is 1. The van der Waals surface area contributed by atoms with Crippen LogP contribution in [0.4, 0.5) is 0 Å². The summed E-state index contributed by atoms with van der Waals surface area (Å²) < 4.78 is 11.5. The van der Waals surface area contributed by atoms with Gasteiger partial charge in [0.15, 0.2) is 17.3 Å². The highest BCUT2D eigenvalue weighted by Gasteiger charge is 2.33. The summed E-state index contributed by atoms with van der Waals surface area (Å²) in [5.41, 5.74) is 0.985. The number of para-hydroxylation sites is 1. The van der Waals surface area contributed by atoms with Crippen LogP contribution in [-0.4, -0.2) is 18.0 Å². The zero-order chi connectivity index (χ0) is 12.8. The first-order valence-corrected chi connectivity index (χ1v) is 6.52. The summed E-state index contributed by atoms with van der Waals surface area (Å²) in [5.74, 6) is 1.97. The molecule has 0 amide bonds. The van der Waals surface area contributed by atoms with Crippen molar-refractivity contribution in [3.05, 3.63) is 23.8 Å². The van der Waals surface area contributed by atoms with Crippen LogP contribution in [0.25, 0.3) is 0 Å². The van der Waals surface area contributed by atoms with Crippen molar-refractivity contribution >= 4 is 5.78 Å². The lowest BCUT2D eigenvalue weighted by atomic mass is 10.0. The fourth-order valence-corrected chi connectivity index (χ4v) is 2.37. The number of hydrogen-bond acceptors (Lipinski definition) is 3. The van der Waals surface area contributed by atoms with Crippen molar-refractivity contribution in [3.8, 4) is 11.5 Å². The number of Topliss-reactive ketones (excluding diaryl/α,β-unsaturated/α-hetero) is 1. The van der Waals surface area contributed by atoms with Crippen LogP contribution in [0.2, 0.25) is 0 Å². The molecule has 0 bridgehead atoms. The third kappa shape index (κ3) is 2.22. The van der Waals surface area contributed by atoms with Gasteiger partial charge in [-0.1, -0.05) is 12.1 Å². The number of rotatable bonds is 4. The molecule has 2 aliphatic rings. The maximum absolute atomic E-state index is 11.6. The van der Waals surface area contributed by atoms with Gasteiger partial charge in [-0.05, 0) is 32.8 Å². The number of carbonyl (C=O) groups is 1. The standard InChI is InChI=1S/C15H18O3/c1-15(2)8-11-4-3-5-13(14(11)18-15)17-9-12(16)10-6-7-10/h3-5,10H,6-9H2,1-2H3. The third-order valence-corrected chi connectivity index (χ3v) is 3.46. The average molecular weight is 246 g/mol. The normalized spacial score (nSPS) is 20.1. The summed E-state index contributed by atoms with van der Waals surface area (Å²) in [6, 6.07) is 5.89. The maximum Gasteiger partial charge on any atom is 0.173 e. The van der Waals surface area contributed by atoms with Crippen molar-refractivity contribution in [2.75, 3.05) is 6.61 Å². The Bertz CT molecular complexity index is 487. The zero-order valence-corrected chi connectivity index (χ0v) is 10.9. The Morgan fingerprint density at radius 1 is 1.44 bits per heavy atom. The molecule has 18 heavy (non-hydrogen) atoms. The van der Waals surface area contributed by atoms with Crippen LogP contribution in [0.5, 0.6) is 11.5 Å². The average Bonchev–Trinajstić information content (AvgIpc) is 3.08. The molecule has 1 aromatic carbocycles. The van der Waals surface area contributed by atoms with Crippen molar-refractivity contribution in [2.24, 2.45) is 5.92 Å². The smallest absolute Gasteiger partial charge is 0.173 e. The number of benzene rings is 1. The predicted octanol–water partition coefficient (Wildman–Crippen LogP) is 2.76. The van der Waals surface area contributed by atoms with Crippen molar-refractivity contribution in [2.45, 2.75) is 38.7 Å². The van der Waals surface area contributed by atoms with E-state index in [-0.39, 0.29) is 23.9 Å². The Kier molecular flexibility index (Phi) is 2.58. The molecule has 0 saturated heterocycles. The Balaban J connectivity index is 1.73. The summed E-state index contributed by atoms with van der Waals surface area (Å²) in [6.45, 7) is 4.29. The quantitative estimate of drug-likeness (QED) is 0.819. The van der Waals surface area contributed by atoms with Gasteiger partial charge in [-0.3, -0.25) is 4.79 Å². The molecule has 0 N–H and O–H groups in total. The van der Waals surface area contributed by atoms with Crippen LogP contribution < -0.4 is 9.47 Å². The van der Waals surface area contributed by atoms with Crippen LogP contribution in [0, 0.1) is 5.92 Å². The van der Waals surface area contributed by atoms with Crippen molar-refractivity contribution < 1.29 is 14.3 Å². The molecule has 0 atom stereocenters. The summed E-state index contributed by atoms with van der Waals surface area (Å²) in [5, 5.41) is 0. The van der Waals surface area contributed by atoms with Gasteiger partial charge in [-0.2, -0.15) is 0 Å². The molecule has 1 aliphatic carbocycles. The lowest BCUT2D eigenvalue weighted by Gasteiger charge is -2.18. The van der Waals surface area contributed by atoms with Crippen LogP contribution in [0.15, 0.2) is 18.2 Å². The minimum Gasteiger partial charge on any atom is -0.483 e. The molecule has 1 aliphatic heterocycles. The van der Waals surface area contributed by atoms with E-state index in [9.17, 15) is 4.79 Å². The monoisotopic (exact) mass is 246 g/mol. The number of fused-ring (bicyclic) bond motifs is 1. The molecular weight excluding hydrogens is 228 g/mol. The van der Waals surface area contributed by atoms with Gasteiger partial charge in [0.05, 0.1) is 0 Å². The number of ether oxygens (including phenoxy) is 2. The molecule has 3 nitrogen and oxygen atoms in total. The molecular formula is C15H18O3. The van der Waals surface area contributed by atoms with Crippen LogP contribution in [0.1, 0.15) is 32.3 Å². The van der Waals surface area contributed by atoms with E-state index in [0.29, 0.717) is 5.75 Å². The van der Waals surface area contributed by atoms with Crippen molar-refractivity contribution in [1.29, 1.82) is 0 Å². The van der Waals surface area contributed by atoms with E-state index >= 15 is 0 Å². The second-order valence-corrected chi connectivity index (χ2v) is 5.81. The largest absolute Gasteiger partial charge is 0.483 e. The first kappa shape index (κ1) is 11.6. The highest BCUT2D eigenvalue weighted by molar-refractivity contribution is 5.84. The first-order chi connectivity index (χ1) is 8.55. The Hall–Kier alpha value is -1.51. The molecule has 96 valence electrons. The van der Waals surface area contributed by atoms with Crippen LogP contribution >= 0.6 is 0 Å². The second kappa shape index (κ2) is 4.01. The first-order valence-electron chi connectivity index (χ1n) is 6.52. The maximum atomic E-state index is 11.6. The molecule has 1 saturated carbocycles. The van der Waals surface area contributed by atoms with E-state index in [1.165, 1.54) is 0 Å². The Morgan fingerprint density at radius 3 is 2.94 bits per heavy atom. The Morgan fingerprint density at radius 2 is 2.22 bits per heavy atom. The van der Waals surface area contributed by atoms with Crippen molar-refractivity contribution in [3.63, 3.8) is 0 Å². The highest BCUT2D eigenvalue weighted by Crippen LogP contribution is 2.42. The van der Waals surface area contributed by atoms with Gasteiger partial charge in [0, 0.05) is 17.9 Å². The van der Waals surface area contributed by atoms with E-state index in [1.54, 1.807) is 0 Å². The molecule has 1 fully saturated rings. The molecule has 3 heteroatoms. The van der Waals surface area contributed by atoms with Gasteiger partial charge in [-0.15, -0.1) is 0 Å². The van der Waals surface area contributed by atoms with Gasteiger partial charge in [0.25, 0.3) is 0 Å². The lowest BCUT2D eigenvalue weighted by Crippen LogP contribution is -2.24. The van der Waals surface area contributed by atoms with Gasteiger partial charge >= 0.3 is 0 Å². The van der Waals surface area contributed by atoms with Crippen LogP contribution in [0.3, 0.4) is 0 Å². The van der Waals surface area contributed by atoms with Gasteiger partial charge < -0.3 is 9.47 Å². The van der Waals surface area contributed by atoms with E-state index in [1.807, 2.05) is 12.1 Å². The molecule has 0 radical (unpaired) electrons. The van der Waals surface area contributed by atoms with E-state index in [4.69, 9.17) is 9.47 Å². The molecule has 0 spiro atoms. The Labute approximate surface area is 107 Å². The lowest BCUT2D eigenvalue weighted by molar-refractivity contribution is -0.122. The van der Waals surface area contributed by atoms with Gasteiger partial charge in [-0.25, -0.2) is 0 Å². The van der Waals surface area contributed by atoms with Crippen molar-refractivity contribution in [1.82, 2.24) is 0 Å². The summed E-state index contributed by atoms with van der Waals surface area (Å²) in [6.07, 6.45) is 2.94. The van der Waals surface area contributed by atoms with Crippen LogP contribution in [-0.2, 0) is 11.2 Å². The topological polar surface area (TPSA) is 35.5 Å². The number of carbonyl (C=O) groups excluding carboxylic acids is 1. The zero-order valence-electron chi connectivity index (χ0n) is 10.9. The highest BCUT2D eigenvalue weighted by atomic mass is 16.5. The molecule has 1 heterocycles. The van der Waals surface area contributed by atoms with Gasteiger partial charge in [0.1, 0.15) is 12.2 Å². The summed E-state index contributed by atoms with van der Waals surface area (Å²) in [4.78, 5) is 11.6. The molecule has 1 aromatic rings. The fourth-order valence-electron chi connectivity index (χ4n) is 2.37. The second-order valence-electron chi connectivity index (χ2n) is 5.81. The summed E-state index contributed by atoms with van der Waals surface area (Å²) >= 11 is 0. The molecule has 3 rings (SSSR count). The predicted molar refractivity (Wildman–Crippen MR) is 68.1 cm³/mol. The minimum absolute atomic E-state index is 0.172.